The molecule has 0 spiro atoms. The molecule has 0 aliphatic carbocycles. The second-order valence-corrected chi connectivity index (χ2v) is 8.20. The Morgan fingerprint density at radius 2 is 1.91 bits per heavy atom. The Morgan fingerprint density at radius 3 is 2.57 bits per heavy atom. The number of rotatable bonds is 4. The lowest BCUT2D eigenvalue weighted by Crippen LogP contribution is -2.38. The van der Waals surface area contributed by atoms with Gasteiger partial charge in [-0.25, -0.2) is 12.7 Å². The molecule has 122 valence electrons. The zero-order valence-electron chi connectivity index (χ0n) is 13.4. The van der Waals surface area contributed by atoms with Crippen LogP contribution in [0.5, 0.6) is 0 Å². The first kappa shape index (κ1) is 16.1. The smallest absolute Gasteiger partial charge is 0.211 e. The summed E-state index contributed by atoms with van der Waals surface area (Å²) in [5.74, 6) is 0.198. The molecule has 0 radical (unpaired) electrons. The first-order chi connectivity index (χ1) is 11.0. The Labute approximate surface area is 138 Å². The Bertz CT molecular complexity index is 742. The molecule has 1 aliphatic rings. The number of aromatic nitrogens is 1. The van der Waals surface area contributed by atoms with E-state index in [0.29, 0.717) is 13.1 Å². The molecular weight excluding hydrogens is 308 g/mol. The molecule has 1 atom stereocenters. The molecule has 23 heavy (non-hydrogen) atoms. The summed E-state index contributed by atoms with van der Waals surface area (Å²) in [6.07, 6.45) is 5.96. The fraction of sp³-hybridized carbons (Fsp3) is 0.389. The predicted octanol–water partition coefficient (Wildman–Crippen LogP) is 2.81. The van der Waals surface area contributed by atoms with E-state index in [9.17, 15) is 8.42 Å². The molecule has 2 aromatic rings. The highest BCUT2D eigenvalue weighted by Crippen LogP contribution is 2.27. The maximum absolute atomic E-state index is 11.7. The molecule has 0 saturated carbocycles. The Kier molecular flexibility index (Phi) is 4.78. The van der Waals surface area contributed by atoms with Crippen LogP contribution in [0.4, 0.5) is 0 Å². The molecule has 0 N–H and O–H groups in total. The molecule has 2 heterocycles. The van der Waals surface area contributed by atoms with Gasteiger partial charge in [-0.2, -0.15) is 0 Å². The van der Waals surface area contributed by atoms with Gasteiger partial charge in [0, 0.05) is 30.9 Å². The molecule has 1 aliphatic heterocycles. The zero-order chi connectivity index (χ0) is 16.3. The first-order valence-electron chi connectivity index (χ1n) is 7.96. The van der Waals surface area contributed by atoms with Crippen LogP contribution in [0.1, 0.15) is 35.6 Å². The summed E-state index contributed by atoms with van der Waals surface area (Å²) in [4.78, 5) is 4.59. The van der Waals surface area contributed by atoms with E-state index in [1.54, 1.807) is 4.31 Å². The standard InChI is InChI=1S/C18H22N2O2S/c1-23(21,22)20-11-5-8-17(14-20)18-10-9-16(13-19-18)12-15-6-3-2-4-7-15/h2-4,6-7,9-10,13,17H,5,8,11-12,14H2,1H3/t17-/m1/s1. The van der Waals surface area contributed by atoms with E-state index >= 15 is 0 Å². The van der Waals surface area contributed by atoms with Crippen LogP contribution in [0.2, 0.25) is 0 Å². The van der Waals surface area contributed by atoms with E-state index in [2.05, 4.69) is 29.2 Å². The van der Waals surface area contributed by atoms with Gasteiger partial charge in [0.1, 0.15) is 0 Å². The molecule has 5 heteroatoms. The molecular formula is C18H22N2O2S. The number of sulfonamides is 1. The van der Waals surface area contributed by atoms with Crippen molar-refractivity contribution in [3.63, 3.8) is 0 Å². The third kappa shape index (κ3) is 4.18. The van der Waals surface area contributed by atoms with Crippen molar-refractivity contribution in [1.29, 1.82) is 0 Å². The summed E-state index contributed by atoms with van der Waals surface area (Å²) < 4.78 is 25.0. The van der Waals surface area contributed by atoms with Crippen LogP contribution >= 0.6 is 0 Å². The Morgan fingerprint density at radius 1 is 1.13 bits per heavy atom. The monoisotopic (exact) mass is 330 g/mol. The normalized spacial score (nSPS) is 19.6. The molecule has 3 rings (SSSR count). The average Bonchev–Trinajstić information content (AvgIpc) is 2.56. The van der Waals surface area contributed by atoms with Gasteiger partial charge in [0.25, 0.3) is 0 Å². The number of nitrogens with zero attached hydrogens (tertiary/aromatic N) is 2. The molecule has 1 fully saturated rings. The average molecular weight is 330 g/mol. The summed E-state index contributed by atoms with van der Waals surface area (Å²) in [5, 5.41) is 0. The number of benzene rings is 1. The van der Waals surface area contributed by atoms with E-state index in [4.69, 9.17) is 0 Å². The van der Waals surface area contributed by atoms with Crippen LogP contribution in [0.25, 0.3) is 0 Å². The fourth-order valence-electron chi connectivity index (χ4n) is 3.10. The molecule has 1 saturated heterocycles. The number of piperidine rings is 1. The summed E-state index contributed by atoms with van der Waals surface area (Å²) in [6.45, 7) is 1.17. The van der Waals surface area contributed by atoms with E-state index in [1.807, 2.05) is 24.4 Å². The van der Waals surface area contributed by atoms with Gasteiger partial charge in [0.15, 0.2) is 0 Å². The first-order valence-corrected chi connectivity index (χ1v) is 9.81. The van der Waals surface area contributed by atoms with Crippen molar-refractivity contribution in [3.8, 4) is 0 Å². The molecule has 1 aromatic heterocycles. The van der Waals surface area contributed by atoms with Crippen molar-refractivity contribution in [2.24, 2.45) is 0 Å². The van der Waals surface area contributed by atoms with Crippen LogP contribution in [-0.4, -0.2) is 37.1 Å². The van der Waals surface area contributed by atoms with Gasteiger partial charge in [0.05, 0.1) is 6.26 Å². The van der Waals surface area contributed by atoms with E-state index in [-0.39, 0.29) is 5.92 Å². The van der Waals surface area contributed by atoms with Gasteiger partial charge in [-0.3, -0.25) is 4.98 Å². The molecule has 0 amide bonds. The van der Waals surface area contributed by atoms with Gasteiger partial charge in [-0.1, -0.05) is 36.4 Å². The van der Waals surface area contributed by atoms with Crippen molar-refractivity contribution in [3.05, 3.63) is 65.5 Å². The van der Waals surface area contributed by atoms with Crippen LogP contribution in [0.3, 0.4) is 0 Å². The van der Waals surface area contributed by atoms with Crippen LogP contribution in [0.15, 0.2) is 48.7 Å². The summed E-state index contributed by atoms with van der Waals surface area (Å²) in [6, 6.07) is 14.5. The highest BCUT2D eigenvalue weighted by atomic mass is 32.2. The van der Waals surface area contributed by atoms with Gasteiger partial charge in [-0.15, -0.1) is 0 Å². The quantitative estimate of drug-likeness (QED) is 0.866. The highest BCUT2D eigenvalue weighted by Gasteiger charge is 2.27. The SMILES string of the molecule is CS(=O)(=O)N1CCC[C@@H](c2ccc(Cc3ccccc3)cn2)C1. The highest BCUT2D eigenvalue weighted by molar-refractivity contribution is 7.88. The van der Waals surface area contributed by atoms with Crippen LogP contribution in [-0.2, 0) is 16.4 Å². The molecule has 0 bridgehead atoms. The topological polar surface area (TPSA) is 50.3 Å². The Hall–Kier alpha value is -1.72. The van der Waals surface area contributed by atoms with Gasteiger partial charge in [0.2, 0.25) is 10.0 Å². The van der Waals surface area contributed by atoms with Gasteiger partial charge >= 0.3 is 0 Å². The van der Waals surface area contributed by atoms with Crippen molar-refractivity contribution < 1.29 is 8.42 Å². The predicted molar refractivity (Wildman–Crippen MR) is 91.9 cm³/mol. The molecule has 4 nitrogen and oxygen atoms in total. The number of hydrogen-bond acceptors (Lipinski definition) is 3. The summed E-state index contributed by atoms with van der Waals surface area (Å²) >= 11 is 0. The van der Waals surface area contributed by atoms with E-state index in [0.717, 1.165) is 25.0 Å². The van der Waals surface area contributed by atoms with E-state index < -0.39 is 10.0 Å². The van der Waals surface area contributed by atoms with Crippen molar-refractivity contribution in [1.82, 2.24) is 9.29 Å². The second-order valence-electron chi connectivity index (χ2n) is 6.21. The lowest BCUT2D eigenvalue weighted by atomic mass is 9.95. The minimum atomic E-state index is -3.11. The van der Waals surface area contributed by atoms with Crippen molar-refractivity contribution >= 4 is 10.0 Å². The zero-order valence-corrected chi connectivity index (χ0v) is 14.2. The van der Waals surface area contributed by atoms with Crippen molar-refractivity contribution in [2.75, 3.05) is 19.3 Å². The number of hydrogen-bond donors (Lipinski definition) is 0. The van der Waals surface area contributed by atoms with Gasteiger partial charge < -0.3 is 0 Å². The second kappa shape index (κ2) is 6.81. The van der Waals surface area contributed by atoms with Crippen LogP contribution < -0.4 is 0 Å². The molecule has 0 unspecified atom stereocenters. The maximum atomic E-state index is 11.7. The van der Waals surface area contributed by atoms with Crippen LogP contribution in [0, 0.1) is 0 Å². The molecule has 1 aromatic carbocycles. The summed E-state index contributed by atoms with van der Waals surface area (Å²) in [7, 11) is -3.11. The minimum absolute atomic E-state index is 0.198. The van der Waals surface area contributed by atoms with E-state index in [1.165, 1.54) is 17.4 Å². The largest absolute Gasteiger partial charge is 0.261 e. The lowest BCUT2D eigenvalue weighted by Gasteiger charge is -2.30. The number of pyridine rings is 1. The third-order valence-electron chi connectivity index (χ3n) is 4.37. The van der Waals surface area contributed by atoms with Crippen molar-refractivity contribution in [2.45, 2.75) is 25.2 Å². The van der Waals surface area contributed by atoms with Gasteiger partial charge in [-0.05, 0) is 36.5 Å². The Balaban J connectivity index is 1.69. The third-order valence-corrected chi connectivity index (χ3v) is 5.64. The summed E-state index contributed by atoms with van der Waals surface area (Å²) in [5.41, 5.74) is 3.44. The maximum Gasteiger partial charge on any atom is 0.211 e. The lowest BCUT2D eigenvalue weighted by molar-refractivity contribution is 0.314. The minimum Gasteiger partial charge on any atom is -0.261 e. The fourth-order valence-corrected chi connectivity index (χ4v) is 4.01.